The molecular formula is C31H27ClO. The molecule has 164 valence electrons. The minimum Gasteiger partial charge on any atom is -0.489 e. The number of fused-ring (bicyclic) bond motifs is 7. The van der Waals surface area contributed by atoms with Gasteiger partial charge in [0.1, 0.15) is 12.4 Å². The van der Waals surface area contributed by atoms with Gasteiger partial charge < -0.3 is 4.74 Å². The Morgan fingerprint density at radius 2 is 1.82 bits per heavy atom. The Balaban J connectivity index is 0.000000145. The smallest absolute Gasteiger partial charge is 0.127 e. The molecule has 33 heavy (non-hydrogen) atoms. The molecule has 7 rings (SSSR count). The Morgan fingerprint density at radius 1 is 0.879 bits per heavy atom. The second-order valence-electron chi connectivity index (χ2n) is 9.15. The Bertz CT molecular complexity index is 1500. The van der Waals surface area contributed by atoms with Crippen molar-refractivity contribution in [2.24, 2.45) is 5.92 Å². The van der Waals surface area contributed by atoms with E-state index in [0.29, 0.717) is 5.92 Å². The third-order valence-electron chi connectivity index (χ3n) is 7.21. The van der Waals surface area contributed by atoms with Gasteiger partial charge >= 0.3 is 0 Å². The fraction of sp³-hybridized carbons (Fsp3) is 0.226. The number of benzene rings is 2. The van der Waals surface area contributed by atoms with Crippen LogP contribution in [-0.2, 0) is 6.42 Å². The molecule has 0 aromatic heterocycles. The maximum atomic E-state index is 5.90. The molecular weight excluding hydrogens is 424 g/mol. The van der Waals surface area contributed by atoms with Crippen LogP contribution < -0.4 is 25.6 Å². The summed E-state index contributed by atoms with van der Waals surface area (Å²) in [6.45, 7) is 0.722. The molecule has 0 saturated heterocycles. The Hall–Kier alpha value is -3.03. The van der Waals surface area contributed by atoms with E-state index in [1.54, 1.807) is 5.57 Å². The van der Waals surface area contributed by atoms with Crippen LogP contribution in [0, 0.1) is 5.92 Å². The molecule has 0 radical (unpaired) electrons. The van der Waals surface area contributed by atoms with Gasteiger partial charge in [0.15, 0.2) is 0 Å². The molecule has 2 aromatic rings. The van der Waals surface area contributed by atoms with Gasteiger partial charge in [-0.05, 0) is 81.7 Å². The number of halogens is 1. The molecule has 0 saturated carbocycles. The largest absolute Gasteiger partial charge is 0.489 e. The molecule has 0 amide bonds. The summed E-state index contributed by atoms with van der Waals surface area (Å²) in [5.41, 5.74) is 7.23. The highest BCUT2D eigenvalue weighted by Crippen LogP contribution is 2.34. The van der Waals surface area contributed by atoms with Crippen molar-refractivity contribution in [1.82, 2.24) is 0 Å². The zero-order chi connectivity index (χ0) is 22.2. The average Bonchev–Trinajstić information content (AvgIpc) is 3.53. The lowest BCUT2D eigenvalue weighted by Gasteiger charge is -2.25. The Kier molecular flexibility index (Phi) is 5.44. The van der Waals surface area contributed by atoms with Gasteiger partial charge in [0, 0.05) is 11.1 Å². The van der Waals surface area contributed by atoms with Crippen molar-refractivity contribution < 1.29 is 4.74 Å². The minimum absolute atomic E-state index is 0.628. The number of hydrogen-bond acceptors (Lipinski definition) is 1. The number of alkyl halides is 1. The monoisotopic (exact) mass is 450 g/mol. The summed E-state index contributed by atoms with van der Waals surface area (Å²) in [6, 6.07) is 8.77. The lowest BCUT2D eigenvalue weighted by molar-refractivity contribution is 0.385. The summed E-state index contributed by atoms with van der Waals surface area (Å²) in [6.07, 6.45) is 26.7. The number of allylic oxidation sites excluding steroid dienone is 7. The van der Waals surface area contributed by atoms with Crippen LogP contribution in [-0.4, -0.2) is 12.5 Å². The maximum Gasteiger partial charge on any atom is 0.127 e. The van der Waals surface area contributed by atoms with Crippen LogP contribution in [0.1, 0.15) is 36.0 Å². The standard InChI is InChI=1S/C20H19Cl.C11H8O/c21-12-11-14-5-8-18-16(13-14)7-10-19-17-4-2-1-3-15(17)6-9-20(18)19;1-2-8-4-5-11-10(6-7-12-11)9(8)3-1/h1-2,4-6,8-10,14H,3,7,11-13H2;1-6H,7H2/t14-;/m0./s1. The van der Waals surface area contributed by atoms with Crippen molar-refractivity contribution in [3.63, 3.8) is 0 Å². The predicted molar refractivity (Wildman–Crippen MR) is 141 cm³/mol. The summed E-state index contributed by atoms with van der Waals surface area (Å²) in [5.74, 6) is 2.41. The van der Waals surface area contributed by atoms with Crippen LogP contribution in [0.4, 0.5) is 0 Å². The molecule has 1 nitrogen and oxygen atoms in total. The van der Waals surface area contributed by atoms with Crippen LogP contribution in [0.25, 0.3) is 36.0 Å². The average molecular weight is 451 g/mol. The van der Waals surface area contributed by atoms with Gasteiger partial charge in [0.25, 0.3) is 0 Å². The second-order valence-corrected chi connectivity index (χ2v) is 9.52. The molecule has 0 N–H and O–H groups in total. The third kappa shape index (κ3) is 3.75. The zero-order valence-electron chi connectivity index (χ0n) is 18.7. The molecule has 1 aliphatic heterocycles. The van der Waals surface area contributed by atoms with E-state index in [9.17, 15) is 0 Å². The van der Waals surface area contributed by atoms with Crippen molar-refractivity contribution in [3.8, 4) is 5.75 Å². The molecule has 0 bridgehead atoms. The Labute approximate surface area is 199 Å². The lowest BCUT2D eigenvalue weighted by atomic mass is 9.80. The van der Waals surface area contributed by atoms with Crippen LogP contribution in [0.5, 0.6) is 5.75 Å². The molecule has 4 aliphatic carbocycles. The summed E-state index contributed by atoms with van der Waals surface area (Å²) < 4.78 is 5.42. The third-order valence-corrected chi connectivity index (χ3v) is 7.43. The van der Waals surface area contributed by atoms with E-state index in [1.165, 1.54) is 49.6 Å². The fourth-order valence-electron chi connectivity index (χ4n) is 5.52. The van der Waals surface area contributed by atoms with Crippen molar-refractivity contribution in [2.45, 2.75) is 25.7 Å². The highest BCUT2D eigenvalue weighted by molar-refractivity contribution is 6.17. The summed E-state index contributed by atoms with van der Waals surface area (Å²) in [4.78, 5) is 0. The number of rotatable bonds is 2. The van der Waals surface area contributed by atoms with E-state index in [1.807, 2.05) is 6.07 Å². The second kappa shape index (κ2) is 8.72. The van der Waals surface area contributed by atoms with Crippen molar-refractivity contribution >= 4 is 47.6 Å². The van der Waals surface area contributed by atoms with Crippen molar-refractivity contribution in [3.05, 3.63) is 97.8 Å². The van der Waals surface area contributed by atoms with E-state index in [0.717, 1.165) is 37.5 Å². The first kappa shape index (κ1) is 20.6. The normalized spacial score (nSPS) is 19.8. The van der Waals surface area contributed by atoms with Gasteiger partial charge in [-0.25, -0.2) is 0 Å². The predicted octanol–water partition coefficient (Wildman–Crippen LogP) is 4.39. The highest BCUT2D eigenvalue weighted by atomic mass is 35.5. The highest BCUT2D eigenvalue weighted by Gasteiger charge is 2.20. The van der Waals surface area contributed by atoms with Crippen LogP contribution in [0.2, 0.25) is 0 Å². The first-order valence-corrected chi connectivity index (χ1v) is 12.4. The molecule has 2 aromatic carbocycles. The van der Waals surface area contributed by atoms with Gasteiger partial charge in [0.2, 0.25) is 0 Å². The molecule has 2 heteroatoms. The van der Waals surface area contributed by atoms with Gasteiger partial charge in [0.05, 0.1) is 0 Å². The minimum atomic E-state index is 0.628. The first-order valence-electron chi connectivity index (χ1n) is 11.9. The van der Waals surface area contributed by atoms with Crippen molar-refractivity contribution in [1.29, 1.82) is 0 Å². The fourth-order valence-corrected chi connectivity index (χ4v) is 5.80. The van der Waals surface area contributed by atoms with E-state index >= 15 is 0 Å². The van der Waals surface area contributed by atoms with Crippen LogP contribution in [0.15, 0.2) is 60.2 Å². The SMILES string of the molecule is C1=Cc2ccc3c(c2=C1)=CCO3.ClCC[C@@H]1C=CC2=C(CC=c3c2ccc2c3=CC=CC2)C1. The molecule has 5 aliphatic rings. The van der Waals surface area contributed by atoms with E-state index in [2.05, 4.69) is 79.0 Å². The van der Waals surface area contributed by atoms with Gasteiger partial charge in [-0.15, -0.1) is 11.6 Å². The molecule has 1 heterocycles. The Morgan fingerprint density at radius 3 is 2.76 bits per heavy atom. The maximum absolute atomic E-state index is 5.90. The van der Waals surface area contributed by atoms with Gasteiger partial charge in [-0.3, -0.25) is 0 Å². The van der Waals surface area contributed by atoms with E-state index < -0.39 is 0 Å². The molecule has 0 spiro atoms. The summed E-state index contributed by atoms with van der Waals surface area (Å²) in [7, 11) is 0. The quantitative estimate of drug-likeness (QED) is 0.616. The van der Waals surface area contributed by atoms with Crippen LogP contribution >= 0.6 is 11.6 Å². The number of hydrogen-bond donors (Lipinski definition) is 0. The zero-order valence-corrected chi connectivity index (χ0v) is 19.4. The summed E-state index contributed by atoms with van der Waals surface area (Å²) >= 11 is 5.90. The van der Waals surface area contributed by atoms with Gasteiger partial charge in [-0.1, -0.05) is 78.5 Å². The molecule has 1 atom stereocenters. The van der Waals surface area contributed by atoms with Gasteiger partial charge in [-0.2, -0.15) is 0 Å². The molecule has 0 fully saturated rings. The van der Waals surface area contributed by atoms with E-state index in [4.69, 9.17) is 16.3 Å². The first-order chi connectivity index (χ1) is 16.3. The van der Waals surface area contributed by atoms with E-state index in [-0.39, 0.29) is 0 Å². The molecule has 0 unspecified atom stereocenters. The lowest BCUT2D eigenvalue weighted by Crippen LogP contribution is -2.34. The number of ether oxygens (including phenoxy) is 1. The van der Waals surface area contributed by atoms with Crippen LogP contribution in [0.3, 0.4) is 0 Å². The summed E-state index contributed by atoms with van der Waals surface area (Å²) in [5, 5.41) is 5.44. The van der Waals surface area contributed by atoms with Crippen molar-refractivity contribution in [2.75, 3.05) is 12.5 Å². The topological polar surface area (TPSA) is 9.23 Å².